The van der Waals surface area contributed by atoms with Crippen molar-refractivity contribution in [1.82, 2.24) is 10.2 Å². The molecule has 0 aliphatic heterocycles. The summed E-state index contributed by atoms with van der Waals surface area (Å²) in [5.74, 6) is 0.328. The lowest BCUT2D eigenvalue weighted by atomic mass is 10.1. The first-order valence-electron chi connectivity index (χ1n) is 4.60. The molecule has 72 valence electrons. The van der Waals surface area contributed by atoms with E-state index in [0.29, 0.717) is 5.75 Å². The van der Waals surface area contributed by atoms with Gasteiger partial charge in [-0.3, -0.25) is 5.10 Å². The molecule has 1 aromatic heterocycles. The van der Waals surface area contributed by atoms with Crippen LogP contribution in [0.5, 0.6) is 5.75 Å². The van der Waals surface area contributed by atoms with Crippen molar-refractivity contribution in [3.8, 4) is 5.75 Å². The second kappa shape index (κ2) is 3.96. The number of aromatic hydroxyl groups is 1. The van der Waals surface area contributed by atoms with E-state index in [-0.39, 0.29) is 0 Å². The van der Waals surface area contributed by atoms with E-state index in [1.54, 1.807) is 12.1 Å². The molecule has 0 atom stereocenters. The van der Waals surface area contributed by atoms with Gasteiger partial charge in [0, 0.05) is 6.20 Å². The van der Waals surface area contributed by atoms with Crippen LogP contribution in [-0.2, 0) is 12.8 Å². The van der Waals surface area contributed by atoms with Crippen molar-refractivity contribution in [3.63, 3.8) is 0 Å². The summed E-state index contributed by atoms with van der Waals surface area (Å²) in [5, 5.41) is 15.9. The number of rotatable bonds is 3. The van der Waals surface area contributed by atoms with Crippen LogP contribution < -0.4 is 0 Å². The Morgan fingerprint density at radius 2 is 2.07 bits per heavy atom. The molecule has 0 saturated heterocycles. The van der Waals surface area contributed by atoms with Gasteiger partial charge in [-0.15, -0.1) is 0 Å². The van der Waals surface area contributed by atoms with E-state index < -0.39 is 0 Å². The Labute approximate surface area is 82.4 Å². The van der Waals surface area contributed by atoms with Crippen molar-refractivity contribution < 1.29 is 5.11 Å². The van der Waals surface area contributed by atoms with Gasteiger partial charge < -0.3 is 5.11 Å². The molecule has 3 nitrogen and oxygen atoms in total. The number of aromatic amines is 1. The maximum atomic E-state index is 9.25. The Morgan fingerprint density at radius 3 is 2.79 bits per heavy atom. The average molecular weight is 188 g/mol. The van der Waals surface area contributed by atoms with Gasteiger partial charge in [0.05, 0.1) is 6.20 Å². The summed E-state index contributed by atoms with van der Waals surface area (Å²) in [6.45, 7) is 0. The van der Waals surface area contributed by atoms with Crippen LogP contribution in [-0.4, -0.2) is 15.3 Å². The number of benzene rings is 1. The Balaban J connectivity index is 1.98. The number of aryl methyl sites for hydroxylation is 2. The van der Waals surface area contributed by atoms with Crippen molar-refractivity contribution in [2.45, 2.75) is 12.8 Å². The molecular formula is C11H12N2O. The minimum absolute atomic E-state index is 0.328. The summed E-state index contributed by atoms with van der Waals surface area (Å²) in [6, 6.07) is 7.35. The monoisotopic (exact) mass is 188 g/mol. The van der Waals surface area contributed by atoms with E-state index >= 15 is 0 Å². The lowest BCUT2D eigenvalue weighted by Gasteiger charge is -1.99. The van der Waals surface area contributed by atoms with Gasteiger partial charge in [0.2, 0.25) is 0 Å². The molecule has 2 N–H and O–H groups in total. The van der Waals surface area contributed by atoms with Crippen LogP contribution in [0.15, 0.2) is 36.7 Å². The fourth-order valence-corrected chi connectivity index (χ4v) is 1.41. The number of aromatic nitrogens is 2. The summed E-state index contributed by atoms with van der Waals surface area (Å²) in [6.07, 6.45) is 5.58. The molecule has 14 heavy (non-hydrogen) atoms. The first-order valence-corrected chi connectivity index (χ1v) is 4.60. The quantitative estimate of drug-likeness (QED) is 0.772. The molecule has 2 rings (SSSR count). The molecule has 0 bridgehead atoms. The van der Waals surface area contributed by atoms with Gasteiger partial charge >= 0.3 is 0 Å². The third kappa shape index (κ3) is 2.13. The highest BCUT2D eigenvalue weighted by molar-refractivity contribution is 5.27. The smallest absolute Gasteiger partial charge is 0.115 e. The van der Waals surface area contributed by atoms with E-state index in [0.717, 1.165) is 18.4 Å². The topological polar surface area (TPSA) is 48.9 Å². The number of H-pyrrole nitrogens is 1. The van der Waals surface area contributed by atoms with Gasteiger partial charge in [-0.05, 0) is 36.1 Å². The van der Waals surface area contributed by atoms with Crippen LogP contribution in [0.3, 0.4) is 0 Å². The molecule has 0 amide bonds. The normalized spacial score (nSPS) is 10.3. The van der Waals surface area contributed by atoms with Gasteiger partial charge in [0.15, 0.2) is 0 Å². The van der Waals surface area contributed by atoms with Crippen molar-refractivity contribution in [1.29, 1.82) is 0 Å². The predicted molar refractivity (Wildman–Crippen MR) is 54.1 cm³/mol. The van der Waals surface area contributed by atoms with Crippen LogP contribution >= 0.6 is 0 Å². The molecule has 1 heterocycles. The largest absolute Gasteiger partial charge is 0.508 e. The van der Waals surface area contributed by atoms with E-state index in [9.17, 15) is 5.11 Å². The fraction of sp³-hybridized carbons (Fsp3) is 0.182. The molecule has 0 spiro atoms. The number of nitrogens with one attached hydrogen (secondary N) is 1. The van der Waals surface area contributed by atoms with Crippen molar-refractivity contribution in [2.24, 2.45) is 0 Å². The maximum absolute atomic E-state index is 9.25. The minimum Gasteiger partial charge on any atom is -0.508 e. The Morgan fingerprint density at radius 1 is 1.21 bits per heavy atom. The molecule has 0 fully saturated rings. The summed E-state index contributed by atoms with van der Waals surface area (Å²) in [5.41, 5.74) is 2.33. The predicted octanol–water partition coefficient (Wildman–Crippen LogP) is 1.90. The highest BCUT2D eigenvalue weighted by Gasteiger charge is 1.97. The van der Waals surface area contributed by atoms with E-state index in [1.165, 1.54) is 5.56 Å². The van der Waals surface area contributed by atoms with E-state index in [2.05, 4.69) is 10.2 Å². The highest BCUT2D eigenvalue weighted by Crippen LogP contribution is 2.12. The molecular weight excluding hydrogens is 176 g/mol. The first-order chi connectivity index (χ1) is 6.84. The van der Waals surface area contributed by atoms with E-state index in [4.69, 9.17) is 0 Å². The van der Waals surface area contributed by atoms with Crippen LogP contribution in [0.1, 0.15) is 11.1 Å². The maximum Gasteiger partial charge on any atom is 0.115 e. The molecule has 1 aromatic carbocycles. The zero-order valence-corrected chi connectivity index (χ0v) is 7.77. The second-order valence-electron chi connectivity index (χ2n) is 3.28. The van der Waals surface area contributed by atoms with Crippen LogP contribution in [0.4, 0.5) is 0 Å². The average Bonchev–Trinajstić information content (AvgIpc) is 2.67. The summed E-state index contributed by atoms with van der Waals surface area (Å²) < 4.78 is 0. The number of hydrogen-bond acceptors (Lipinski definition) is 2. The van der Waals surface area contributed by atoms with Gasteiger partial charge in [-0.25, -0.2) is 0 Å². The second-order valence-corrected chi connectivity index (χ2v) is 3.28. The third-order valence-electron chi connectivity index (χ3n) is 2.17. The zero-order chi connectivity index (χ0) is 9.80. The van der Waals surface area contributed by atoms with Crippen LogP contribution in [0.2, 0.25) is 0 Å². The SMILES string of the molecule is Oc1cccc(CCc2cn[nH]c2)c1. The number of phenols is 1. The molecule has 3 heteroatoms. The molecule has 0 unspecified atom stereocenters. The lowest BCUT2D eigenvalue weighted by Crippen LogP contribution is -1.88. The molecule has 0 saturated carbocycles. The summed E-state index contributed by atoms with van der Waals surface area (Å²) in [7, 11) is 0. The van der Waals surface area contributed by atoms with Crippen LogP contribution in [0, 0.1) is 0 Å². The van der Waals surface area contributed by atoms with Crippen molar-refractivity contribution >= 4 is 0 Å². The first kappa shape index (κ1) is 8.81. The Hall–Kier alpha value is -1.77. The Kier molecular flexibility index (Phi) is 2.49. The van der Waals surface area contributed by atoms with Crippen molar-refractivity contribution in [3.05, 3.63) is 47.8 Å². The van der Waals surface area contributed by atoms with Gasteiger partial charge in [0.1, 0.15) is 5.75 Å². The number of nitrogens with zero attached hydrogens (tertiary/aromatic N) is 1. The fourth-order valence-electron chi connectivity index (χ4n) is 1.41. The zero-order valence-electron chi connectivity index (χ0n) is 7.77. The number of hydrogen-bond donors (Lipinski definition) is 2. The standard InChI is InChI=1S/C11H12N2O/c14-11-3-1-2-9(6-11)4-5-10-7-12-13-8-10/h1-3,6-8,14H,4-5H2,(H,12,13). The van der Waals surface area contributed by atoms with Gasteiger partial charge in [-0.2, -0.15) is 5.10 Å². The molecule has 0 aliphatic carbocycles. The lowest BCUT2D eigenvalue weighted by molar-refractivity contribution is 0.474. The van der Waals surface area contributed by atoms with Gasteiger partial charge in [0.25, 0.3) is 0 Å². The van der Waals surface area contributed by atoms with Crippen molar-refractivity contribution in [2.75, 3.05) is 0 Å². The number of phenolic OH excluding ortho intramolecular Hbond substituents is 1. The highest BCUT2D eigenvalue weighted by atomic mass is 16.3. The third-order valence-corrected chi connectivity index (χ3v) is 2.17. The van der Waals surface area contributed by atoms with E-state index in [1.807, 2.05) is 24.5 Å². The van der Waals surface area contributed by atoms with Gasteiger partial charge in [-0.1, -0.05) is 12.1 Å². The summed E-state index contributed by atoms with van der Waals surface area (Å²) >= 11 is 0. The Bertz CT molecular complexity index is 395. The molecule has 0 aliphatic rings. The summed E-state index contributed by atoms with van der Waals surface area (Å²) in [4.78, 5) is 0. The molecule has 0 radical (unpaired) electrons. The van der Waals surface area contributed by atoms with Crippen LogP contribution in [0.25, 0.3) is 0 Å². The minimum atomic E-state index is 0.328. The molecule has 2 aromatic rings.